The van der Waals surface area contributed by atoms with E-state index in [4.69, 9.17) is 30.9 Å². The molecular formula is C12H11ClO5S. The lowest BCUT2D eigenvalue weighted by Crippen LogP contribution is -1.93. The zero-order valence-electron chi connectivity index (χ0n) is 10.4. The van der Waals surface area contributed by atoms with Crippen molar-refractivity contribution >= 4 is 39.0 Å². The summed E-state index contributed by atoms with van der Waals surface area (Å²) in [6.45, 7) is 0. The van der Waals surface area contributed by atoms with E-state index in [1.54, 1.807) is 6.07 Å². The van der Waals surface area contributed by atoms with Crippen LogP contribution in [0.2, 0.25) is 5.02 Å². The Hall–Kier alpha value is -1.66. The van der Waals surface area contributed by atoms with E-state index < -0.39 is 5.97 Å². The van der Waals surface area contributed by atoms with E-state index in [-0.39, 0.29) is 9.90 Å². The van der Waals surface area contributed by atoms with Crippen LogP contribution in [0.15, 0.2) is 6.07 Å². The molecule has 1 heterocycles. The van der Waals surface area contributed by atoms with Crippen LogP contribution >= 0.6 is 22.9 Å². The van der Waals surface area contributed by atoms with Crippen LogP contribution in [0.25, 0.3) is 10.1 Å². The fourth-order valence-electron chi connectivity index (χ4n) is 1.80. The molecule has 0 fully saturated rings. The Bertz CT molecular complexity index is 649. The topological polar surface area (TPSA) is 65.0 Å². The van der Waals surface area contributed by atoms with Gasteiger partial charge >= 0.3 is 5.97 Å². The Morgan fingerprint density at radius 3 is 2.32 bits per heavy atom. The third-order valence-electron chi connectivity index (χ3n) is 2.63. The number of methoxy groups -OCH3 is 3. The maximum absolute atomic E-state index is 11.2. The van der Waals surface area contributed by atoms with E-state index in [1.165, 1.54) is 21.3 Å². The van der Waals surface area contributed by atoms with Gasteiger partial charge in [-0.15, -0.1) is 11.3 Å². The Morgan fingerprint density at radius 1 is 1.21 bits per heavy atom. The first kappa shape index (κ1) is 13.8. The number of carboxylic acid groups (broad SMARTS) is 1. The number of ether oxygens (including phenoxy) is 3. The molecule has 0 saturated heterocycles. The molecule has 1 N–H and O–H groups in total. The molecular weight excluding hydrogens is 292 g/mol. The monoisotopic (exact) mass is 302 g/mol. The molecule has 0 aliphatic rings. The predicted octanol–water partition coefficient (Wildman–Crippen LogP) is 3.28. The van der Waals surface area contributed by atoms with Crippen molar-refractivity contribution in [3.8, 4) is 17.2 Å². The highest BCUT2D eigenvalue weighted by atomic mass is 35.5. The van der Waals surface area contributed by atoms with E-state index in [0.29, 0.717) is 27.3 Å². The van der Waals surface area contributed by atoms with Gasteiger partial charge in [0.05, 0.1) is 36.4 Å². The molecule has 102 valence electrons. The molecule has 1 aromatic heterocycles. The van der Waals surface area contributed by atoms with Crippen molar-refractivity contribution in [1.82, 2.24) is 0 Å². The number of rotatable bonds is 4. The molecule has 19 heavy (non-hydrogen) atoms. The SMILES string of the molecule is COc1cc(OC)c2c(Cl)c(C(=O)O)sc2c1OC. The maximum atomic E-state index is 11.2. The number of aromatic carboxylic acids is 1. The van der Waals surface area contributed by atoms with Crippen LogP contribution in [-0.2, 0) is 0 Å². The minimum Gasteiger partial charge on any atom is -0.496 e. The van der Waals surface area contributed by atoms with Crippen LogP contribution in [0.1, 0.15) is 9.67 Å². The number of hydrogen-bond acceptors (Lipinski definition) is 5. The molecule has 2 aromatic rings. The number of carbonyl (C=O) groups is 1. The molecule has 0 saturated carbocycles. The largest absolute Gasteiger partial charge is 0.496 e. The van der Waals surface area contributed by atoms with Crippen LogP contribution in [0.5, 0.6) is 17.2 Å². The minimum atomic E-state index is -1.09. The second kappa shape index (κ2) is 5.14. The number of thiophene rings is 1. The molecule has 0 amide bonds. The lowest BCUT2D eigenvalue weighted by molar-refractivity contribution is 0.0702. The van der Waals surface area contributed by atoms with Crippen LogP contribution in [-0.4, -0.2) is 32.4 Å². The average Bonchev–Trinajstić information content (AvgIpc) is 2.75. The summed E-state index contributed by atoms with van der Waals surface area (Å²) in [7, 11) is 4.46. The predicted molar refractivity (Wildman–Crippen MR) is 73.5 cm³/mol. The summed E-state index contributed by atoms with van der Waals surface area (Å²) in [5.74, 6) is 0.259. The second-order valence-electron chi connectivity index (χ2n) is 3.57. The van der Waals surface area contributed by atoms with Gasteiger partial charge in [0.15, 0.2) is 11.5 Å². The molecule has 0 bridgehead atoms. The van der Waals surface area contributed by atoms with E-state index in [1.807, 2.05) is 0 Å². The van der Waals surface area contributed by atoms with Gasteiger partial charge in [0.1, 0.15) is 10.6 Å². The summed E-state index contributed by atoms with van der Waals surface area (Å²) >= 11 is 7.14. The molecule has 1 aromatic carbocycles. The summed E-state index contributed by atoms with van der Waals surface area (Å²) < 4.78 is 16.3. The lowest BCUT2D eigenvalue weighted by Gasteiger charge is -2.11. The van der Waals surface area contributed by atoms with Gasteiger partial charge < -0.3 is 19.3 Å². The molecule has 2 rings (SSSR count). The van der Waals surface area contributed by atoms with E-state index >= 15 is 0 Å². The minimum absolute atomic E-state index is 0.0431. The first-order valence-corrected chi connectivity index (χ1v) is 6.38. The normalized spacial score (nSPS) is 10.5. The zero-order chi connectivity index (χ0) is 14.2. The fraction of sp³-hybridized carbons (Fsp3) is 0.250. The molecule has 7 heteroatoms. The molecule has 0 unspecified atom stereocenters. The summed E-state index contributed by atoms with van der Waals surface area (Å²) in [6, 6.07) is 1.62. The Morgan fingerprint density at radius 2 is 1.84 bits per heavy atom. The van der Waals surface area contributed by atoms with E-state index in [9.17, 15) is 4.79 Å². The van der Waals surface area contributed by atoms with Gasteiger partial charge in [-0.1, -0.05) is 11.6 Å². The van der Waals surface area contributed by atoms with Gasteiger partial charge in [-0.3, -0.25) is 0 Å². The van der Waals surface area contributed by atoms with Crippen LogP contribution in [0, 0.1) is 0 Å². The van der Waals surface area contributed by atoms with Crippen LogP contribution in [0.4, 0.5) is 0 Å². The summed E-state index contributed by atoms with van der Waals surface area (Å²) in [5.41, 5.74) is 0. The fourth-order valence-corrected chi connectivity index (χ4v) is 3.31. The van der Waals surface area contributed by atoms with Gasteiger partial charge in [-0.2, -0.15) is 0 Å². The molecule has 0 atom stereocenters. The quantitative estimate of drug-likeness (QED) is 0.939. The van der Waals surface area contributed by atoms with Crippen LogP contribution in [0.3, 0.4) is 0 Å². The lowest BCUT2D eigenvalue weighted by atomic mass is 10.2. The molecule has 0 aliphatic heterocycles. The Labute approximate surface area is 118 Å². The van der Waals surface area contributed by atoms with Crippen molar-refractivity contribution in [2.24, 2.45) is 0 Å². The van der Waals surface area contributed by atoms with Crippen molar-refractivity contribution in [3.05, 3.63) is 16.0 Å². The molecule has 5 nitrogen and oxygen atoms in total. The highest BCUT2D eigenvalue weighted by Crippen LogP contribution is 2.49. The molecule has 0 aliphatic carbocycles. The standard InChI is InChI=1S/C12H11ClO5S/c1-16-5-4-6(17-2)9(18-3)10-7(5)8(13)11(19-10)12(14)15/h4H,1-3H3,(H,14,15). The van der Waals surface area contributed by atoms with Crippen molar-refractivity contribution in [2.45, 2.75) is 0 Å². The van der Waals surface area contributed by atoms with Gasteiger partial charge in [-0.05, 0) is 0 Å². The number of benzene rings is 1. The van der Waals surface area contributed by atoms with Gasteiger partial charge in [0, 0.05) is 6.07 Å². The molecule has 0 radical (unpaired) electrons. The van der Waals surface area contributed by atoms with Crippen molar-refractivity contribution in [1.29, 1.82) is 0 Å². The molecule has 0 spiro atoms. The van der Waals surface area contributed by atoms with Gasteiger partial charge in [-0.25, -0.2) is 4.79 Å². The maximum Gasteiger partial charge on any atom is 0.347 e. The number of halogens is 1. The van der Waals surface area contributed by atoms with Crippen molar-refractivity contribution in [2.75, 3.05) is 21.3 Å². The second-order valence-corrected chi connectivity index (χ2v) is 4.97. The third kappa shape index (κ3) is 2.06. The first-order chi connectivity index (χ1) is 9.04. The first-order valence-electron chi connectivity index (χ1n) is 5.19. The Balaban J connectivity index is 2.92. The highest BCUT2D eigenvalue weighted by molar-refractivity contribution is 7.22. The van der Waals surface area contributed by atoms with Crippen molar-refractivity contribution < 1.29 is 24.1 Å². The van der Waals surface area contributed by atoms with Gasteiger partial charge in [0.25, 0.3) is 0 Å². The highest BCUT2D eigenvalue weighted by Gasteiger charge is 2.24. The summed E-state index contributed by atoms with van der Waals surface area (Å²) in [5, 5.41) is 9.80. The number of carboxylic acids is 1. The average molecular weight is 303 g/mol. The van der Waals surface area contributed by atoms with Crippen molar-refractivity contribution in [3.63, 3.8) is 0 Å². The van der Waals surface area contributed by atoms with Gasteiger partial charge in [0.2, 0.25) is 0 Å². The number of fused-ring (bicyclic) bond motifs is 1. The van der Waals surface area contributed by atoms with Crippen LogP contribution < -0.4 is 14.2 Å². The third-order valence-corrected chi connectivity index (χ3v) is 4.29. The number of hydrogen-bond donors (Lipinski definition) is 1. The smallest absolute Gasteiger partial charge is 0.347 e. The Kier molecular flexibility index (Phi) is 3.73. The van der Waals surface area contributed by atoms with E-state index in [2.05, 4.69) is 0 Å². The van der Waals surface area contributed by atoms with E-state index in [0.717, 1.165) is 11.3 Å². The summed E-state index contributed by atoms with van der Waals surface area (Å²) in [6.07, 6.45) is 0. The zero-order valence-corrected chi connectivity index (χ0v) is 12.0. The summed E-state index contributed by atoms with van der Waals surface area (Å²) in [4.78, 5) is 11.2.